The molecule has 0 fully saturated rings. The Morgan fingerprint density at radius 1 is 1.06 bits per heavy atom. The van der Waals surface area contributed by atoms with E-state index in [2.05, 4.69) is 5.32 Å². The summed E-state index contributed by atoms with van der Waals surface area (Å²) >= 11 is 14.3. The largest absolute Gasteiger partial charge is 0.497 e. The monoisotopic (exact) mass is 510 g/mol. The minimum atomic E-state index is -0.611. The van der Waals surface area contributed by atoms with Crippen LogP contribution in [0.3, 0.4) is 0 Å². The van der Waals surface area contributed by atoms with Gasteiger partial charge in [0, 0.05) is 33.9 Å². The van der Waals surface area contributed by atoms with Crippen LogP contribution in [0.4, 0.5) is 0 Å². The first-order chi connectivity index (χ1) is 15.8. The number of hydrogen-bond acceptors (Lipinski definition) is 4. The Morgan fingerprint density at radius 3 is 2.24 bits per heavy atom. The Labute approximate surface area is 211 Å². The van der Waals surface area contributed by atoms with Crippen molar-refractivity contribution in [2.45, 2.75) is 58.0 Å². The van der Waals surface area contributed by atoms with Crippen LogP contribution in [0, 0.1) is 0 Å². The molecule has 0 aliphatic carbocycles. The predicted molar refractivity (Wildman–Crippen MR) is 138 cm³/mol. The fourth-order valence-corrected chi connectivity index (χ4v) is 4.66. The van der Waals surface area contributed by atoms with Crippen molar-refractivity contribution in [2.24, 2.45) is 0 Å². The van der Waals surface area contributed by atoms with Gasteiger partial charge in [0.2, 0.25) is 11.8 Å². The highest BCUT2D eigenvalue weighted by molar-refractivity contribution is 7.99. The van der Waals surface area contributed by atoms with Crippen molar-refractivity contribution < 1.29 is 14.3 Å². The summed E-state index contributed by atoms with van der Waals surface area (Å²) in [6, 6.07) is 12.4. The second-order valence-corrected chi connectivity index (χ2v) is 9.60. The summed E-state index contributed by atoms with van der Waals surface area (Å²) in [6.45, 7) is 6.03. The molecular weight excluding hydrogens is 479 g/mol. The standard InChI is InChI=1S/C25H32Cl2N2O3S/c1-5-17(3)28-25(31)23(6-2)29(14-20-21(26)8-7-9-22(20)27)24(30)16-33-15-18-10-12-19(32-4)13-11-18/h7-13,17,23H,5-6,14-16H2,1-4H3,(H,28,31). The van der Waals surface area contributed by atoms with Crippen LogP contribution in [-0.2, 0) is 21.9 Å². The van der Waals surface area contributed by atoms with Gasteiger partial charge in [0.25, 0.3) is 0 Å². The number of benzene rings is 2. The molecule has 2 aromatic rings. The zero-order valence-corrected chi connectivity index (χ0v) is 21.9. The van der Waals surface area contributed by atoms with Gasteiger partial charge in [-0.1, -0.05) is 55.2 Å². The number of thioether (sulfide) groups is 1. The first-order valence-electron chi connectivity index (χ1n) is 11.0. The summed E-state index contributed by atoms with van der Waals surface area (Å²) in [4.78, 5) is 28.0. The number of nitrogens with one attached hydrogen (secondary N) is 1. The second kappa shape index (κ2) is 13.7. The maximum atomic E-state index is 13.3. The van der Waals surface area contributed by atoms with E-state index >= 15 is 0 Å². The summed E-state index contributed by atoms with van der Waals surface area (Å²) in [5, 5.41) is 3.96. The van der Waals surface area contributed by atoms with Crippen molar-refractivity contribution in [3.63, 3.8) is 0 Å². The van der Waals surface area contributed by atoms with Crippen LogP contribution in [0.5, 0.6) is 5.75 Å². The minimum Gasteiger partial charge on any atom is -0.497 e. The zero-order chi connectivity index (χ0) is 24.4. The highest BCUT2D eigenvalue weighted by Gasteiger charge is 2.30. The van der Waals surface area contributed by atoms with E-state index in [1.165, 1.54) is 11.8 Å². The number of rotatable bonds is 12. The van der Waals surface area contributed by atoms with Crippen molar-refractivity contribution in [1.82, 2.24) is 10.2 Å². The highest BCUT2D eigenvalue weighted by Crippen LogP contribution is 2.27. The van der Waals surface area contributed by atoms with Crippen LogP contribution in [0.1, 0.15) is 44.7 Å². The maximum absolute atomic E-state index is 13.3. The lowest BCUT2D eigenvalue weighted by Gasteiger charge is -2.32. The molecule has 2 rings (SSSR count). The first-order valence-corrected chi connectivity index (χ1v) is 12.9. The van der Waals surface area contributed by atoms with Crippen LogP contribution in [0.15, 0.2) is 42.5 Å². The third kappa shape index (κ3) is 8.13. The number of methoxy groups -OCH3 is 1. The molecule has 0 aromatic heterocycles. The maximum Gasteiger partial charge on any atom is 0.243 e. The van der Waals surface area contributed by atoms with Gasteiger partial charge >= 0.3 is 0 Å². The summed E-state index contributed by atoms with van der Waals surface area (Å²) in [7, 11) is 1.63. The molecule has 8 heteroatoms. The topological polar surface area (TPSA) is 58.6 Å². The highest BCUT2D eigenvalue weighted by atomic mass is 35.5. The number of halogens is 2. The molecule has 1 N–H and O–H groups in total. The molecular formula is C25H32Cl2N2O3S. The van der Waals surface area contributed by atoms with Gasteiger partial charge in [-0.25, -0.2) is 0 Å². The summed E-state index contributed by atoms with van der Waals surface area (Å²) in [5.74, 6) is 1.41. The number of nitrogens with zero attached hydrogens (tertiary/aromatic N) is 1. The minimum absolute atomic E-state index is 0.0249. The fourth-order valence-electron chi connectivity index (χ4n) is 3.28. The second-order valence-electron chi connectivity index (χ2n) is 7.80. The Hall–Kier alpha value is -1.89. The summed E-state index contributed by atoms with van der Waals surface area (Å²) in [6.07, 6.45) is 1.30. The number of carbonyl (C=O) groups is 2. The molecule has 0 spiro atoms. The van der Waals surface area contributed by atoms with E-state index in [0.29, 0.717) is 27.8 Å². The molecule has 0 bridgehead atoms. The first kappa shape index (κ1) is 27.4. The predicted octanol–water partition coefficient (Wildman–Crippen LogP) is 5.96. The van der Waals surface area contributed by atoms with Crippen molar-refractivity contribution in [3.05, 3.63) is 63.6 Å². The number of amides is 2. The molecule has 0 aliphatic heterocycles. The lowest BCUT2D eigenvalue weighted by atomic mass is 10.1. The molecule has 0 saturated carbocycles. The van der Waals surface area contributed by atoms with Gasteiger partial charge in [0.05, 0.1) is 12.9 Å². The van der Waals surface area contributed by atoms with Gasteiger partial charge in [-0.15, -0.1) is 11.8 Å². The van der Waals surface area contributed by atoms with Gasteiger partial charge in [0.1, 0.15) is 11.8 Å². The van der Waals surface area contributed by atoms with Gasteiger partial charge in [-0.2, -0.15) is 0 Å². The van der Waals surface area contributed by atoms with Crippen molar-refractivity contribution >= 4 is 46.8 Å². The molecule has 0 radical (unpaired) electrons. The third-order valence-electron chi connectivity index (χ3n) is 5.43. The number of ether oxygens (including phenoxy) is 1. The van der Waals surface area contributed by atoms with Gasteiger partial charge in [0.15, 0.2) is 0 Å². The fraction of sp³-hybridized carbons (Fsp3) is 0.440. The summed E-state index contributed by atoms with van der Waals surface area (Å²) in [5.41, 5.74) is 1.74. The normalized spacial score (nSPS) is 12.7. The molecule has 2 aromatic carbocycles. The lowest BCUT2D eigenvalue weighted by Crippen LogP contribution is -2.51. The number of hydrogen-bond donors (Lipinski definition) is 1. The molecule has 2 amide bonds. The van der Waals surface area contributed by atoms with Crippen LogP contribution in [-0.4, -0.2) is 41.7 Å². The van der Waals surface area contributed by atoms with E-state index in [0.717, 1.165) is 17.7 Å². The van der Waals surface area contributed by atoms with Crippen LogP contribution < -0.4 is 10.1 Å². The molecule has 2 unspecified atom stereocenters. The lowest BCUT2D eigenvalue weighted by molar-refractivity contribution is -0.139. The van der Waals surface area contributed by atoms with Gasteiger partial charge in [-0.3, -0.25) is 9.59 Å². The van der Waals surface area contributed by atoms with Crippen molar-refractivity contribution in [3.8, 4) is 5.75 Å². The summed E-state index contributed by atoms with van der Waals surface area (Å²) < 4.78 is 5.19. The van der Waals surface area contributed by atoms with Gasteiger partial charge < -0.3 is 15.0 Å². The van der Waals surface area contributed by atoms with Crippen LogP contribution in [0.2, 0.25) is 10.0 Å². The van der Waals surface area contributed by atoms with Gasteiger partial charge in [-0.05, 0) is 49.6 Å². The third-order valence-corrected chi connectivity index (χ3v) is 7.13. The Morgan fingerprint density at radius 2 is 1.70 bits per heavy atom. The van der Waals surface area contributed by atoms with Crippen molar-refractivity contribution in [1.29, 1.82) is 0 Å². The van der Waals surface area contributed by atoms with E-state index < -0.39 is 6.04 Å². The quantitative estimate of drug-likeness (QED) is 0.382. The van der Waals surface area contributed by atoms with Crippen molar-refractivity contribution in [2.75, 3.05) is 12.9 Å². The molecule has 0 saturated heterocycles. The molecule has 180 valence electrons. The van der Waals surface area contributed by atoms with E-state index in [1.807, 2.05) is 45.0 Å². The Bertz CT molecular complexity index is 904. The Kier molecular flexibility index (Phi) is 11.4. The molecule has 0 aliphatic rings. The van der Waals surface area contributed by atoms with E-state index in [1.54, 1.807) is 30.2 Å². The van der Waals surface area contributed by atoms with Crippen LogP contribution in [0.25, 0.3) is 0 Å². The average molecular weight is 512 g/mol. The Balaban J connectivity index is 2.18. The molecule has 0 heterocycles. The average Bonchev–Trinajstić information content (AvgIpc) is 2.81. The van der Waals surface area contributed by atoms with E-state index in [9.17, 15) is 9.59 Å². The zero-order valence-electron chi connectivity index (χ0n) is 19.6. The molecule has 5 nitrogen and oxygen atoms in total. The number of carbonyl (C=O) groups excluding carboxylic acids is 2. The van der Waals surface area contributed by atoms with Crippen LogP contribution >= 0.6 is 35.0 Å². The van der Waals surface area contributed by atoms with E-state index in [4.69, 9.17) is 27.9 Å². The van der Waals surface area contributed by atoms with E-state index in [-0.39, 0.29) is 30.2 Å². The molecule has 33 heavy (non-hydrogen) atoms. The SMILES string of the molecule is CCC(C)NC(=O)C(CC)N(Cc1c(Cl)cccc1Cl)C(=O)CSCc1ccc(OC)cc1. The molecule has 2 atom stereocenters. The smallest absolute Gasteiger partial charge is 0.243 e.